The van der Waals surface area contributed by atoms with Crippen molar-refractivity contribution < 1.29 is 9.90 Å². The fourth-order valence-corrected chi connectivity index (χ4v) is 3.25. The minimum Gasteiger partial charge on any atom is -0.396 e. The Morgan fingerprint density at radius 2 is 2.13 bits per heavy atom. The van der Waals surface area contributed by atoms with Gasteiger partial charge in [-0.1, -0.05) is 31.4 Å². The fourth-order valence-electron chi connectivity index (χ4n) is 3.25. The first-order chi connectivity index (χ1) is 11.2. The summed E-state index contributed by atoms with van der Waals surface area (Å²) >= 11 is 0. The van der Waals surface area contributed by atoms with Gasteiger partial charge in [0.25, 0.3) is 0 Å². The summed E-state index contributed by atoms with van der Waals surface area (Å²) in [5.41, 5.74) is 1.49. The van der Waals surface area contributed by atoms with E-state index in [9.17, 15) is 9.90 Å². The van der Waals surface area contributed by atoms with Crippen LogP contribution in [0.25, 0.3) is 0 Å². The van der Waals surface area contributed by atoms with E-state index >= 15 is 0 Å². The van der Waals surface area contributed by atoms with Gasteiger partial charge in [0.2, 0.25) is 0 Å². The molecule has 1 atom stereocenters. The number of aliphatic hydroxyl groups is 1. The van der Waals surface area contributed by atoms with E-state index in [1.54, 1.807) is 12.1 Å². The number of amides is 2. The molecule has 1 saturated carbocycles. The van der Waals surface area contributed by atoms with Crippen LogP contribution in [0.2, 0.25) is 0 Å². The quantitative estimate of drug-likeness (QED) is 0.754. The lowest BCUT2D eigenvalue weighted by atomic mass is 9.83. The molecule has 1 unspecified atom stereocenters. The van der Waals surface area contributed by atoms with Gasteiger partial charge in [-0.3, -0.25) is 0 Å². The molecule has 0 aromatic heterocycles. The summed E-state index contributed by atoms with van der Waals surface area (Å²) in [6, 6.07) is 9.11. The molecule has 23 heavy (non-hydrogen) atoms. The van der Waals surface area contributed by atoms with Crippen molar-refractivity contribution in [2.45, 2.75) is 51.1 Å². The first-order valence-corrected chi connectivity index (χ1v) is 8.37. The molecule has 1 aliphatic carbocycles. The highest BCUT2D eigenvalue weighted by Crippen LogP contribution is 2.27. The smallest absolute Gasteiger partial charge is 0.315 e. The van der Waals surface area contributed by atoms with E-state index in [-0.39, 0.29) is 18.7 Å². The van der Waals surface area contributed by atoms with Gasteiger partial charge in [-0.25, -0.2) is 4.79 Å². The van der Waals surface area contributed by atoms with Crippen molar-refractivity contribution in [1.29, 1.82) is 5.26 Å². The van der Waals surface area contributed by atoms with Crippen molar-refractivity contribution in [3.8, 4) is 6.07 Å². The molecule has 5 heteroatoms. The summed E-state index contributed by atoms with van der Waals surface area (Å²) < 4.78 is 0. The molecule has 5 nitrogen and oxygen atoms in total. The number of hydrogen-bond donors (Lipinski definition) is 3. The van der Waals surface area contributed by atoms with E-state index in [0.29, 0.717) is 24.4 Å². The van der Waals surface area contributed by atoms with Crippen LogP contribution in [-0.2, 0) is 6.54 Å². The Labute approximate surface area is 137 Å². The third-order valence-corrected chi connectivity index (χ3v) is 4.48. The summed E-state index contributed by atoms with van der Waals surface area (Å²) in [5.74, 6) is 0.462. The van der Waals surface area contributed by atoms with Gasteiger partial charge in [-0.05, 0) is 42.9 Å². The van der Waals surface area contributed by atoms with Crippen LogP contribution in [0.5, 0.6) is 0 Å². The van der Waals surface area contributed by atoms with E-state index in [1.165, 1.54) is 19.3 Å². The minimum atomic E-state index is -0.212. The van der Waals surface area contributed by atoms with Crippen LogP contribution in [-0.4, -0.2) is 23.8 Å². The monoisotopic (exact) mass is 315 g/mol. The van der Waals surface area contributed by atoms with Crippen LogP contribution in [0.4, 0.5) is 4.79 Å². The number of benzene rings is 1. The highest BCUT2D eigenvalue weighted by Gasteiger charge is 2.24. The molecule has 1 aliphatic rings. The molecule has 2 rings (SSSR count). The Bertz CT molecular complexity index is 547. The van der Waals surface area contributed by atoms with E-state index in [1.807, 2.05) is 12.1 Å². The van der Waals surface area contributed by atoms with Crippen molar-refractivity contribution in [3.63, 3.8) is 0 Å². The first kappa shape index (κ1) is 17.3. The maximum Gasteiger partial charge on any atom is 0.315 e. The molecule has 1 aromatic carbocycles. The topological polar surface area (TPSA) is 85.2 Å². The molecule has 1 fully saturated rings. The number of carbonyl (C=O) groups is 1. The zero-order valence-corrected chi connectivity index (χ0v) is 13.4. The van der Waals surface area contributed by atoms with Gasteiger partial charge in [0.05, 0.1) is 11.6 Å². The van der Waals surface area contributed by atoms with Crippen molar-refractivity contribution >= 4 is 6.03 Å². The van der Waals surface area contributed by atoms with Crippen molar-refractivity contribution in [3.05, 3.63) is 35.4 Å². The van der Waals surface area contributed by atoms with Crippen molar-refractivity contribution in [1.82, 2.24) is 10.6 Å². The Balaban J connectivity index is 1.84. The third kappa shape index (κ3) is 5.57. The van der Waals surface area contributed by atoms with Crippen LogP contribution < -0.4 is 10.6 Å². The van der Waals surface area contributed by atoms with Crippen LogP contribution in [0, 0.1) is 17.2 Å². The Morgan fingerprint density at radius 1 is 1.35 bits per heavy atom. The molecule has 0 radical (unpaired) electrons. The number of nitriles is 1. The van der Waals surface area contributed by atoms with Gasteiger partial charge < -0.3 is 15.7 Å². The summed E-state index contributed by atoms with van der Waals surface area (Å²) in [5, 5.41) is 24.0. The average molecular weight is 315 g/mol. The second kappa shape index (κ2) is 9.16. The third-order valence-electron chi connectivity index (χ3n) is 4.48. The number of aliphatic hydroxyl groups excluding tert-OH is 1. The Morgan fingerprint density at radius 3 is 2.83 bits per heavy atom. The van der Waals surface area contributed by atoms with Gasteiger partial charge in [0.1, 0.15) is 0 Å². The molecule has 1 aromatic rings. The lowest BCUT2D eigenvalue weighted by molar-refractivity contribution is 0.196. The van der Waals surface area contributed by atoms with Crippen LogP contribution >= 0.6 is 0 Å². The summed E-state index contributed by atoms with van der Waals surface area (Å²) in [7, 11) is 0. The molecular weight excluding hydrogens is 290 g/mol. The maximum atomic E-state index is 12.1. The first-order valence-electron chi connectivity index (χ1n) is 8.37. The van der Waals surface area contributed by atoms with Gasteiger partial charge in [0, 0.05) is 19.2 Å². The predicted molar refractivity (Wildman–Crippen MR) is 88.6 cm³/mol. The SMILES string of the molecule is N#Cc1cccc(CNC(=O)NC(CCO)C2CCCCC2)c1. The molecule has 0 heterocycles. The molecule has 0 bridgehead atoms. The highest BCUT2D eigenvalue weighted by atomic mass is 16.3. The van der Waals surface area contributed by atoms with E-state index < -0.39 is 0 Å². The largest absolute Gasteiger partial charge is 0.396 e. The zero-order chi connectivity index (χ0) is 16.5. The van der Waals surface area contributed by atoms with Gasteiger partial charge in [-0.2, -0.15) is 5.26 Å². The van der Waals surface area contributed by atoms with Crippen molar-refractivity contribution in [2.75, 3.05) is 6.61 Å². The van der Waals surface area contributed by atoms with E-state index in [4.69, 9.17) is 5.26 Å². The fraction of sp³-hybridized carbons (Fsp3) is 0.556. The molecule has 3 N–H and O–H groups in total. The number of urea groups is 1. The zero-order valence-electron chi connectivity index (χ0n) is 13.4. The summed E-state index contributed by atoms with van der Waals surface area (Å²) in [6.07, 6.45) is 6.52. The lowest BCUT2D eigenvalue weighted by Gasteiger charge is -2.30. The van der Waals surface area contributed by atoms with Gasteiger partial charge in [-0.15, -0.1) is 0 Å². The Kier molecular flexibility index (Phi) is 6.89. The Hall–Kier alpha value is -2.06. The molecular formula is C18H25N3O2. The number of nitrogens with one attached hydrogen (secondary N) is 2. The summed E-state index contributed by atoms with van der Waals surface area (Å²) in [4.78, 5) is 12.1. The lowest BCUT2D eigenvalue weighted by Crippen LogP contribution is -2.46. The summed E-state index contributed by atoms with van der Waals surface area (Å²) in [6.45, 7) is 0.476. The number of nitrogens with zero attached hydrogens (tertiary/aromatic N) is 1. The molecule has 2 amide bonds. The standard InChI is InChI=1S/C18H25N3O2/c19-12-14-5-4-6-15(11-14)13-20-18(23)21-17(9-10-22)16-7-2-1-3-8-16/h4-6,11,16-17,22H,1-3,7-10,13H2,(H2,20,21,23). The van der Waals surface area contributed by atoms with Crippen LogP contribution in [0.15, 0.2) is 24.3 Å². The second-order valence-electron chi connectivity index (χ2n) is 6.16. The van der Waals surface area contributed by atoms with Gasteiger partial charge in [0.15, 0.2) is 0 Å². The van der Waals surface area contributed by atoms with Crippen LogP contribution in [0.1, 0.15) is 49.7 Å². The molecule has 0 spiro atoms. The van der Waals surface area contributed by atoms with E-state index in [2.05, 4.69) is 16.7 Å². The normalized spacial score (nSPS) is 16.3. The van der Waals surface area contributed by atoms with Crippen LogP contribution in [0.3, 0.4) is 0 Å². The van der Waals surface area contributed by atoms with E-state index in [0.717, 1.165) is 18.4 Å². The maximum absolute atomic E-state index is 12.1. The second-order valence-corrected chi connectivity index (χ2v) is 6.16. The molecule has 0 aliphatic heterocycles. The molecule has 124 valence electrons. The highest BCUT2D eigenvalue weighted by molar-refractivity contribution is 5.74. The number of hydrogen-bond acceptors (Lipinski definition) is 3. The predicted octanol–water partition coefficient (Wildman–Crippen LogP) is 2.69. The average Bonchev–Trinajstić information content (AvgIpc) is 2.60. The number of carbonyl (C=O) groups excluding carboxylic acids is 1. The molecule has 0 saturated heterocycles. The minimum absolute atomic E-state index is 0.0331. The van der Waals surface area contributed by atoms with Crippen molar-refractivity contribution in [2.24, 2.45) is 5.92 Å². The van der Waals surface area contributed by atoms with Gasteiger partial charge >= 0.3 is 6.03 Å². The number of rotatable bonds is 6.